The Bertz CT molecular complexity index is 615. The molecule has 0 bridgehead atoms. The monoisotopic (exact) mass is 304 g/mol. The van der Waals surface area contributed by atoms with Crippen LogP contribution >= 0.6 is 11.6 Å². The van der Waals surface area contributed by atoms with Gasteiger partial charge in [-0.15, -0.1) is 0 Å². The van der Waals surface area contributed by atoms with E-state index in [1.165, 1.54) is 0 Å². The number of hydrogen-bond acceptors (Lipinski definition) is 3. The number of halogens is 1. The molecule has 0 radical (unpaired) electrons. The van der Waals surface area contributed by atoms with E-state index in [2.05, 4.69) is 10.6 Å². The molecule has 2 heterocycles. The third kappa shape index (κ3) is 3.65. The third-order valence-electron chi connectivity index (χ3n) is 3.68. The highest BCUT2D eigenvalue weighted by atomic mass is 35.5. The molecule has 2 N–H and O–H groups in total. The van der Waals surface area contributed by atoms with Crippen molar-refractivity contribution in [3.8, 4) is 11.1 Å². The molecular formula is C16H17ClN2O2. The highest BCUT2D eigenvalue weighted by Crippen LogP contribution is 2.26. The molecule has 5 heteroatoms. The van der Waals surface area contributed by atoms with Crippen molar-refractivity contribution in [1.82, 2.24) is 5.32 Å². The van der Waals surface area contributed by atoms with Crippen LogP contribution in [0.15, 0.2) is 41.0 Å². The first-order valence-corrected chi connectivity index (χ1v) is 7.43. The molecule has 4 nitrogen and oxygen atoms in total. The first-order valence-electron chi connectivity index (χ1n) is 7.06. The maximum absolute atomic E-state index is 11.9. The Balaban J connectivity index is 1.61. The molecule has 0 saturated carbocycles. The van der Waals surface area contributed by atoms with Crippen molar-refractivity contribution in [1.29, 1.82) is 0 Å². The summed E-state index contributed by atoms with van der Waals surface area (Å²) in [5.41, 5.74) is 1.92. The number of hydrogen-bond donors (Lipinski definition) is 2. The molecule has 0 spiro atoms. The topological polar surface area (TPSA) is 54.3 Å². The van der Waals surface area contributed by atoms with Crippen molar-refractivity contribution in [3.05, 3.63) is 41.6 Å². The Morgan fingerprint density at radius 1 is 1.33 bits per heavy atom. The summed E-state index contributed by atoms with van der Waals surface area (Å²) in [6.45, 7) is 1.92. The fraction of sp³-hybridized carbons (Fsp3) is 0.312. The number of carbonyl (C=O) groups is 1. The largest absolute Gasteiger partial charge is 0.448 e. The molecule has 0 aliphatic carbocycles. The van der Waals surface area contributed by atoms with Crippen LogP contribution in [0.1, 0.15) is 12.8 Å². The number of furan rings is 1. The molecular weight excluding hydrogens is 288 g/mol. The molecule has 21 heavy (non-hydrogen) atoms. The van der Waals surface area contributed by atoms with E-state index >= 15 is 0 Å². The Hall–Kier alpha value is -1.78. The Labute approximate surface area is 128 Å². The predicted octanol–water partition coefficient (Wildman–Crippen LogP) is 3.54. The number of anilines is 1. The lowest BCUT2D eigenvalue weighted by molar-refractivity contribution is -0.117. The number of nitrogens with one attached hydrogen (secondary N) is 2. The summed E-state index contributed by atoms with van der Waals surface area (Å²) in [5.74, 6) is 0.910. The van der Waals surface area contributed by atoms with Crippen molar-refractivity contribution in [2.75, 3.05) is 18.4 Å². The van der Waals surface area contributed by atoms with E-state index in [1.807, 2.05) is 30.3 Å². The second-order valence-electron chi connectivity index (χ2n) is 5.32. The minimum atomic E-state index is 0.000654. The molecule has 1 saturated heterocycles. The first kappa shape index (κ1) is 14.2. The maximum atomic E-state index is 11.9. The summed E-state index contributed by atoms with van der Waals surface area (Å²) in [7, 11) is 0. The quantitative estimate of drug-likeness (QED) is 0.908. The van der Waals surface area contributed by atoms with Gasteiger partial charge in [-0.1, -0.05) is 23.7 Å². The van der Waals surface area contributed by atoms with Gasteiger partial charge in [0.25, 0.3) is 0 Å². The average Bonchev–Trinajstić information content (AvgIpc) is 3.11. The van der Waals surface area contributed by atoms with Crippen LogP contribution in [0.4, 0.5) is 5.88 Å². The van der Waals surface area contributed by atoms with Gasteiger partial charge in [-0.3, -0.25) is 10.1 Å². The smallest absolute Gasteiger partial charge is 0.227 e. The van der Waals surface area contributed by atoms with Gasteiger partial charge in [-0.25, -0.2) is 0 Å². The molecule has 1 aliphatic heterocycles. The number of benzene rings is 1. The summed E-state index contributed by atoms with van der Waals surface area (Å²) in [6.07, 6.45) is 3.22. The zero-order valence-electron chi connectivity index (χ0n) is 11.6. The van der Waals surface area contributed by atoms with Crippen molar-refractivity contribution >= 4 is 23.4 Å². The second kappa shape index (κ2) is 6.33. The third-order valence-corrected chi connectivity index (χ3v) is 3.93. The molecule has 0 unspecified atom stereocenters. The van der Waals surface area contributed by atoms with Gasteiger partial charge in [0.2, 0.25) is 5.91 Å². The molecule has 1 aromatic heterocycles. The van der Waals surface area contributed by atoms with Gasteiger partial charge in [0.05, 0.1) is 0 Å². The second-order valence-corrected chi connectivity index (χ2v) is 5.75. The van der Waals surface area contributed by atoms with E-state index in [4.69, 9.17) is 16.0 Å². The molecule has 3 rings (SSSR count). The summed E-state index contributed by atoms with van der Waals surface area (Å²) >= 11 is 5.87. The van der Waals surface area contributed by atoms with Gasteiger partial charge in [-0.05, 0) is 43.1 Å². The Morgan fingerprint density at radius 3 is 2.86 bits per heavy atom. The lowest BCUT2D eigenvalue weighted by Gasteiger charge is -2.06. The van der Waals surface area contributed by atoms with Crippen molar-refractivity contribution in [3.63, 3.8) is 0 Å². The van der Waals surface area contributed by atoms with Gasteiger partial charge < -0.3 is 9.73 Å². The lowest BCUT2D eigenvalue weighted by Crippen LogP contribution is -2.18. The van der Waals surface area contributed by atoms with Crippen molar-refractivity contribution in [2.24, 2.45) is 5.92 Å². The molecule has 2 aromatic rings. The SMILES string of the molecule is O=C(C[C@@H]1CCNC1)Nc1cc(-c2ccc(Cl)cc2)co1. The highest BCUT2D eigenvalue weighted by Gasteiger charge is 2.18. The summed E-state index contributed by atoms with van der Waals surface area (Å²) < 4.78 is 5.40. The zero-order valence-corrected chi connectivity index (χ0v) is 12.3. The van der Waals surface area contributed by atoms with Crippen LogP contribution in [0.5, 0.6) is 0 Å². The molecule has 1 aliphatic rings. The average molecular weight is 305 g/mol. The van der Waals surface area contributed by atoms with E-state index in [9.17, 15) is 4.79 Å². The zero-order chi connectivity index (χ0) is 14.7. The van der Waals surface area contributed by atoms with Gasteiger partial charge >= 0.3 is 0 Å². The number of rotatable bonds is 4. The molecule has 1 atom stereocenters. The summed E-state index contributed by atoms with van der Waals surface area (Å²) in [4.78, 5) is 11.9. The molecule has 1 amide bonds. The van der Waals surface area contributed by atoms with Crippen LogP contribution in [-0.4, -0.2) is 19.0 Å². The van der Waals surface area contributed by atoms with Crippen LogP contribution < -0.4 is 10.6 Å². The minimum Gasteiger partial charge on any atom is -0.448 e. The van der Waals surface area contributed by atoms with Gasteiger partial charge in [-0.2, -0.15) is 0 Å². The normalized spacial score (nSPS) is 17.9. The van der Waals surface area contributed by atoms with E-state index in [0.29, 0.717) is 23.2 Å². The van der Waals surface area contributed by atoms with E-state index in [1.54, 1.807) is 6.26 Å². The van der Waals surface area contributed by atoms with Gasteiger partial charge in [0, 0.05) is 23.1 Å². The maximum Gasteiger partial charge on any atom is 0.227 e. The molecule has 1 fully saturated rings. The number of carbonyl (C=O) groups excluding carboxylic acids is 1. The standard InChI is InChI=1S/C16H17ClN2O2/c17-14-3-1-12(2-4-14)13-8-16(21-10-13)19-15(20)7-11-5-6-18-9-11/h1-4,8,10-11,18H,5-7,9H2,(H,19,20)/t11-/m0/s1. The predicted molar refractivity (Wildman–Crippen MR) is 83.4 cm³/mol. The van der Waals surface area contributed by atoms with E-state index < -0.39 is 0 Å². The first-order chi connectivity index (χ1) is 10.2. The van der Waals surface area contributed by atoms with E-state index in [-0.39, 0.29) is 5.91 Å². The van der Waals surface area contributed by atoms with Crippen molar-refractivity contribution < 1.29 is 9.21 Å². The van der Waals surface area contributed by atoms with Crippen LogP contribution in [-0.2, 0) is 4.79 Å². The fourth-order valence-corrected chi connectivity index (χ4v) is 2.66. The van der Waals surface area contributed by atoms with E-state index in [0.717, 1.165) is 30.6 Å². The number of amides is 1. The molecule has 110 valence electrons. The van der Waals surface area contributed by atoms with Crippen LogP contribution in [0.2, 0.25) is 5.02 Å². The molecule has 1 aromatic carbocycles. The highest BCUT2D eigenvalue weighted by molar-refractivity contribution is 6.30. The van der Waals surface area contributed by atoms with Crippen LogP contribution in [0.3, 0.4) is 0 Å². The minimum absolute atomic E-state index is 0.000654. The Morgan fingerprint density at radius 2 is 2.14 bits per heavy atom. The Kier molecular flexibility index (Phi) is 4.27. The van der Waals surface area contributed by atoms with Crippen molar-refractivity contribution in [2.45, 2.75) is 12.8 Å². The summed E-state index contributed by atoms with van der Waals surface area (Å²) in [5, 5.41) is 6.76. The van der Waals surface area contributed by atoms with Crippen LogP contribution in [0, 0.1) is 5.92 Å². The van der Waals surface area contributed by atoms with Crippen LogP contribution in [0.25, 0.3) is 11.1 Å². The fourth-order valence-electron chi connectivity index (χ4n) is 2.53. The van der Waals surface area contributed by atoms with Gasteiger partial charge in [0.15, 0.2) is 5.88 Å². The summed E-state index contributed by atoms with van der Waals surface area (Å²) in [6, 6.07) is 9.32. The van der Waals surface area contributed by atoms with Gasteiger partial charge in [0.1, 0.15) is 6.26 Å². The lowest BCUT2D eigenvalue weighted by atomic mass is 10.0.